The van der Waals surface area contributed by atoms with E-state index in [9.17, 15) is 0 Å². The van der Waals surface area contributed by atoms with Gasteiger partial charge in [0.2, 0.25) is 0 Å². The molecular formula is C25H22ClN5O3. The molecule has 5 rings (SSSR count). The number of nitrogens with zero attached hydrogens (tertiary/aromatic N) is 3. The van der Waals surface area contributed by atoms with Gasteiger partial charge in [0.1, 0.15) is 40.7 Å². The summed E-state index contributed by atoms with van der Waals surface area (Å²) in [5.74, 6) is 3.31. The number of hydrogen-bond acceptors (Lipinski definition) is 7. The zero-order valence-electron chi connectivity index (χ0n) is 18.8. The standard InChI is InChI=1S/C25H22ClN5O3/c1-4-34-15-6-8-20-21(11-15)31-25(30-20)17-9-14(5-7-19(17)26)29-24-18-10-16(32-2)12-22(33-3)23(18)27-13-28-24/h5-13H,4H2,1-3H3,(H,30,31)(H,27,28,29). The Morgan fingerprint density at radius 1 is 0.971 bits per heavy atom. The van der Waals surface area contributed by atoms with Crippen molar-refractivity contribution in [3.63, 3.8) is 0 Å². The molecule has 0 unspecified atom stereocenters. The molecule has 9 heteroatoms. The maximum Gasteiger partial charge on any atom is 0.148 e. The van der Waals surface area contributed by atoms with Gasteiger partial charge in [0, 0.05) is 23.4 Å². The van der Waals surface area contributed by atoms with Gasteiger partial charge >= 0.3 is 0 Å². The number of hydrogen-bond donors (Lipinski definition) is 2. The van der Waals surface area contributed by atoms with E-state index in [2.05, 4.69) is 20.3 Å². The van der Waals surface area contributed by atoms with Gasteiger partial charge in [0.15, 0.2) is 0 Å². The third kappa shape index (κ3) is 4.04. The van der Waals surface area contributed by atoms with Crippen LogP contribution >= 0.6 is 11.6 Å². The third-order valence-corrected chi connectivity index (χ3v) is 5.71. The van der Waals surface area contributed by atoms with Gasteiger partial charge in [0.25, 0.3) is 0 Å². The Hall–Kier alpha value is -4.04. The predicted octanol–water partition coefficient (Wildman–Crippen LogP) is 5.99. The van der Waals surface area contributed by atoms with Crippen LogP contribution in [-0.4, -0.2) is 40.8 Å². The molecule has 0 aliphatic carbocycles. The van der Waals surface area contributed by atoms with Crippen LogP contribution in [0.15, 0.2) is 54.9 Å². The number of methoxy groups -OCH3 is 2. The summed E-state index contributed by atoms with van der Waals surface area (Å²) in [6.07, 6.45) is 1.49. The number of imidazole rings is 1. The second-order valence-corrected chi connectivity index (χ2v) is 7.87. The van der Waals surface area contributed by atoms with Crippen molar-refractivity contribution in [2.45, 2.75) is 6.92 Å². The smallest absolute Gasteiger partial charge is 0.148 e. The Bertz CT molecular complexity index is 1500. The third-order valence-electron chi connectivity index (χ3n) is 5.38. The highest BCUT2D eigenvalue weighted by atomic mass is 35.5. The Kier molecular flexibility index (Phi) is 5.81. The number of nitrogens with one attached hydrogen (secondary N) is 2. The summed E-state index contributed by atoms with van der Waals surface area (Å²) in [5, 5.41) is 4.70. The highest BCUT2D eigenvalue weighted by Gasteiger charge is 2.14. The van der Waals surface area contributed by atoms with E-state index < -0.39 is 0 Å². The van der Waals surface area contributed by atoms with Crippen LogP contribution < -0.4 is 19.5 Å². The number of halogens is 1. The lowest BCUT2D eigenvalue weighted by molar-refractivity contribution is 0.340. The number of H-pyrrole nitrogens is 1. The Balaban J connectivity index is 1.54. The lowest BCUT2D eigenvalue weighted by Crippen LogP contribution is -1.99. The topological polar surface area (TPSA) is 94.2 Å². The molecule has 0 saturated heterocycles. The molecule has 0 fully saturated rings. The first-order valence-corrected chi connectivity index (χ1v) is 11.0. The quantitative estimate of drug-likeness (QED) is 0.298. The maximum absolute atomic E-state index is 6.55. The number of benzene rings is 3. The minimum atomic E-state index is 0.575. The van der Waals surface area contributed by atoms with E-state index in [-0.39, 0.29) is 0 Å². The fraction of sp³-hybridized carbons (Fsp3) is 0.160. The zero-order chi connectivity index (χ0) is 23.7. The van der Waals surface area contributed by atoms with Gasteiger partial charge in [-0.2, -0.15) is 0 Å². The lowest BCUT2D eigenvalue weighted by Gasteiger charge is -2.13. The molecular weight excluding hydrogens is 454 g/mol. The molecule has 3 aromatic carbocycles. The summed E-state index contributed by atoms with van der Waals surface area (Å²) in [6.45, 7) is 2.55. The van der Waals surface area contributed by atoms with Gasteiger partial charge in [-0.05, 0) is 43.3 Å². The van der Waals surface area contributed by atoms with Crippen molar-refractivity contribution in [2.75, 3.05) is 26.1 Å². The van der Waals surface area contributed by atoms with Crippen LogP contribution in [0.25, 0.3) is 33.3 Å². The fourth-order valence-electron chi connectivity index (χ4n) is 3.78. The molecule has 2 heterocycles. The summed E-state index contributed by atoms with van der Waals surface area (Å²) in [6, 6.07) is 15.0. The summed E-state index contributed by atoms with van der Waals surface area (Å²) in [5.41, 5.74) is 3.92. The number of fused-ring (bicyclic) bond motifs is 2. The Morgan fingerprint density at radius 3 is 2.65 bits per heavy atom. The Labute approximate surface area is 200 Å². The van der Waals surface area contributed by atoms with Crippen molar-refractivity contribution in [2.24, 2.45) is 0 Å². The summed E-state index contributed by atoms with van der Waals surface area (Å²) >= 11 is 6.55. The molecule has 0 saturated carbocycles. The van der Waals surface area contributed by atoms with Crippen molar-refractivity contribution in [1.82, 2.24) is 19.9 Å². The van der Waals surface area contributed by atoms with Crippen LogP contribution in [0.5, 0.6) is 17.2 Å². The molecule has 8 nitrogen and oxygen atoms in total. The van der Waals surface area contributed by atoms with Crippen LogP contribution in [0.3, 0.4) is 0 Å². The van der Waals surface area contributed by atoms with Gasteiger partial charge in [-0.1, -0.05) is 11.6 Å². The van der Waals surface area contributed by atoms with Gasteiger partial charge in [-0.3, -0.25) is 0 Å². The number of aromatic nitrogens is 4. The van der Waals surface area contributed by atoms with Gasteiger partial charge < -0.3 is 24.5 Å². The molecule has 172 valence electrons. The first kappa shape index (κ1) is 21.8. The van der Waals surface area contributed by atoms with Crippen molar-refractivity contribution < 1.29 is 14.2 Å². The molecule has 0 atom stereocenters. The van der Waals surface area contributed by atoms with E-state index in [1.165, 1.54) is 6.33 Å². The Morgan fingerprint density at radius 2 is 1.85 bits per heavy atom. The molecule has 0 bridgehead atoms. The molecule has 0 spiro atoms. The highest BCUT2D eigenvalue weighted by molar-refractivity contribution is 6.33. The lowest BCUT2D eigenvalue weighted by atomic mass is 10.1. The molecule has 5 aromatic rings. The van der Waals surface area contributed by atoms with Gasteiger partial charge in [0.05, 0.1) is 42.3 Å². The van der Waals surface area contributed by atoms with E-state index in [4.69, 9.17) is 30.8 Å². The second-order valence-electron chi connectivity index (χ2n) is 7.47. The van der Waals surface area contributed by atoms with Crippen LogP contribution in [0.1, 0.15) is 6.92 Å². The van der Waals surface area contributed by atoms with Crippen LogP contribution in [0.2, 0.25) is 5.02 Å². The van der Waals surface area contributed by atoms with E-state index in [0.29, 0.717) is 40.3 Å². The van der Waals surface area contributed by atoms with Crippen LogP contribution in [0, 0.1) is 0 Å². The first-order valence-electron chi connectivity index (χ1n) is 10.7. The minimum absolute atomic E-state index is 0.575. The predicted molar refractivity (Wildman–Crippen MR) is 134 cm³/mol. The minimum Gasteiger partial charge on any atom is -0.497 e. The number of ether oxygens (including phenoxy) is 3. The average molecular weight is 476 g/mol. The molecule has 0 amide bonds. The molecule has 34 heavy (non-hydrogen) atoms. The highest BCUT2D eigenvalue weighted by Crippen LogP contribution is 2.36. The zero-order valence-corrected chi connectivity index (χ0v) is 19.6. The molecule has 0 aliphatic rings. The summed E-state index contributed by atoms with van der Waals surface area (Å²) in [4.78, 5) is 16.9. The van der Waals surface area contributed by atoms with Crippen molar-refractivity contribution >= 4 is 45.0 Å². The van der Waals surface area contributed by atoms with Crippen LogP contribution in [-0.2, 0) is 0 Å². The summed E-state index contributed by atoms with van der Waals surface area (Å²) < 4.78 is 16.5. The average Bonchev–Trinajstić information content (AvgIpc) is 3.28. The van der Waals surface area contributed by atoms with Gasteiger partial charge in [-0.25, -0.2) is 15.0 Å². The normalized spacial score (nSPS) is 11.1. The van der Waals surface area contributed by atoms with Crippen LogP contribution in [0.4, 0.5) is 11.5 Å². The number of aromatic amines is 1. The molecule has 2 N–H and O–H groups in total. The number of rotatable bonds is 7. The van der Waals surface area contributed by atoms with E-state index in [1.807, 2.05) is 49.4 Å². The molecule has 2 aromatic heterocycles. The fourth-order valence-corrected chi connectivity index (χ4v) is 3.98. The van der Waals surface area contributed by atoms with Crippen molar-refractivity contribution in [3.05, 3.63) is 59.9 Å². The monoisotopic (exact) mass is 475 g/mol. The SMILES string of the molecule is CCOc1ccc2nc(-c3cc(Nc4ncnc5c(OC)cc(OC)cc45)ccc3Cl)[nH]c2c1. The number of anilines is 2. The first-order chi connectivity index (χ1) is 16.6. The molecule has 0 aliphatic heterocycles. The van der Waals surface area contributed by atoms with E-state index in [1.54, 1.807) is 20.3 Å². The van der Waals surface area contributed by atoms with Crippen molar-refractivity contribution in [1.29, 1.82) is 0 Å². The van der Waals surface area contributed by atoms with E-state index in [0.717, 1.165) is 33.4 Å². The summed E-state index contributed by atoms with van der Waals surface area (Å²) in [7, 11) is 3.20. The second kappa shape index (κ2) is 9.07. The van der Waals surface area contributed by atoms with Gasteiger partial charge in [-0.15, -0.1) is 0 Å². The maximum atomic E-state index is 6.55. The largest absolute Gasteiger partial charge is 0.497 e. The molecule has 0 radical (unpaired) electrons. The van der Waals surface area contributed by atoms with E-state index >= 15 is 0 Å². The van der Waals surface area contributed by atoms with Crippen molar-refractivity contribution in [3.8, 4) is 28.6 Å².